The maximum absolute atomic E-state index is 12.0. The van der Waals surface area contributed by atoms with E-state index in [1.54, 1.807) is 0 Å². The summed E-state index contributed by atoms with van der Waals surface area (Å²) in [6, 6.07) is 0. The van der Waals surface area contributed by atoms with Crippen LogP contribution in [0, 0.1) is 17.3 Å². The number of nitrogens with one attached hydrogen (secondary N) is 1. The first-order chi connectivity index (χ1) is 8.80. The van der Waals surface area contributed by atoms with Crippen LogP contribution in [0.25, 0.3) is 0 Å². The minimum atomic E-state index is -0.991. The monoisotopic (exact) mass is 271 g/mol. The fourth-order valence-corrected chi connectivity index (χ4v) is 3.10. The molecule has 1 fully saturated rings. The molecule has 1 rings (SSSR count). The normalized spacial score (nSPS) is 25.8. The molecule has 5 heteroatoms. The average molecular weight is 271 g/mol. The van der Waals surface area contributed by atoms with Crippen molar-refractivity contribution in [3.05, 3.63) is 0 Å². The van der Waals surface area contributed by atoms with Gasteiger partial charge in [-0.3, -0.25) is 4.79 Å². The Hall–Kier alpha value is -1.10. The molecular weight excluding hydrogens is 246 g/mol. The van der Waals surface area contributed by atoms with Gasteiger partial charge in [-0.05, 0) is 30.6 Å². The third-order valence-corrected chi connectivity index (χ3v) is 3.53. The summed E-state index contributed by atoms with van der Waals surface area (Å²) in [4.78, 5) is 22.3. The van der Waals surface area contributed by atoms with Crippen molar-refractivity contribution in [2.75, 3.05) is 19.8 Å². The molecule has 1 amide bonds. The Bertz CT molecular complexity index is 327. The number of hydrogen-bond acceptors (Lipinski definition) is 3. The predicted molar refractivity (Wildman–Crippen MR) is 71.8 cm³/mol. The smallest absolute Gasteiger partial charge is 0.329 e. The van der Waals surface area contributed by atoms with E-state index in [4.69, 9.17) is 9.84 Å². The molecule has 0 bridgehead atoms. The molecule has 5 nitrogen and oxygen atoms in total. The minimum Gasteiger partial charge on any atom is -0.480 e. The van der Waals surface area contributed by atoms with Gasteiger partial charge >= 0.3 is 5.97 Å². The zero-order chi connectivity index (χ0) is 14.5. The van der Waals surface area contributed by atoms with Gasteiger partial charge in [0.15, 0.2) is 0 Å². The number of rotatable bonds is 6. The number of carbonyl (C=O) groups is 2. The SMILES string of the molecule is CC1CC(C(=O)NCCOCC(=O)O)CC(C)(C)C1. The molecular formula is C14H25NO4. The molecule has 0 aromatic heterocycles. The van der Waals surface area contributed by atoms with E-state index >= 15 is 0 Å². The Morgan fingerprint density at radius 3 is 2.63 bits per heavy atom. The molecule has 0 radical (unpaired) electrons. The molecule has 1 saturated carbocycles. The lowest BCUT2D eigenvalue weighted by Crippen LogP contribution is -2.39. The molecule has 0 aromatic carbocycles. The van der Waals surface area contributed by atoms with Crippen LogP contribution in [-0.4, -0.2) is 36.7 Å². The van der Waals surface area contributed by atoms with Crippen molar-refractivity contribution in [2.24, 2.45) is 17.3 Å². The van der Waals surface area contributed by atoms with E-state index in [0.717, 1.165) is 12.8 Å². The van der Waals surface area contributed by atoms with Crippen LogP contribution in [0.3, 0.4) is 0 Å². The van der Waals surface area contributed by atoms with Gasteiger partial charge in [0.2, 0.25) is 5.91 Å². The summed E-state index contributed by atoms with van der Waals surface area (Å²) >= 11 is 0. The number of hydrogen-bond donors (Lipinski definition) is 2. The first kappa shape index (κ1) is 16.0. The van der Waals surface area contributed by atoms with Crippen molar-refractivity contribution in [1.82, 2.24) is 5.32 Å². The van der Waals surface area contributed by atoms with Gasteiger partial charge in [-0.1, -0.05) is 20.8 Å². The third-order valence-electron chi connectivity index (χ3n) is 3.53. The Kier molecular flexibility index (Phi) is 5.79. The highest BCUT2D eigenvalue weighted by Gasteiger charge is 2.35. The molecule has 2 atom stereocenters. The van der Waals surface area contributed by atoms with Crippen molar-refractivity contribution in [3.63, 3.8) is 0 Å². The summed E-state index contributed by atoms with van der Waals surface area (Å²) < 4.78 is 4.88. The Morgan fingerprint density at radius 1 is 1.37 bits per heavy atom. The zero-order valence-corrected chi connectivity index (χ0v) is 12.1. The summed E-state index contributed by atoms with van der Waals surface area (Å²) in [5, 5.41) is 11.2. The van der Waals surface area contributed by atoms with Crippen LogP contribution in [0.4, 0.5) is 0 Å². The van der Waals surface area contributed by atoms with Crippen LogP contribution in [0.2, 0.25) is 0 Å². The number of amides is 1. The molecule has 1 aliphatic carbocycles. The second-order valence-electron chi connectivity index (χ2n) is 6.35. The van der Waals surface area contributed by atoms with Gasteiger partial charge in [0.1, 0.15) is 6.61 Å². The summed E-state index contributed by atoms with van der Waals surface area (Å²) in [6.07, 6.45) is 3.02. The lowest BCUT2D eigenvalue weighted by molar-refractivity contribution is -0.142. The maximum Gasteiger partial charge on any atom is 0.329 e. The van der Waals surface area contributed by atoms with Gasteiger partial charge in [0, 0.05) is 12.5 Å². The quantitative estimate of drug-likeness (QED) is 0.720. The van der Waals surface area contributed by atoms with Crippen LogP contribution in [-0.2, 0) is 14.3 Å². The lowest BCUT2D eigenvalue weighted by atomic mass is 9.68. The summed E-state index contributed by atoms with van der Waals surface area (Å²) in [6.45, 7) is 6.90. The maximum atomic E-state index is 12.0. The first-order valence-electron chi connectivity index (χ1n) is 6.87. The van der Waals surface area contributed by atoms with Crippen LogP contribution in [0.5, 0.6) is 0 Å². The number of carboxylic acid groups (broad SMARTS) is 1. The first-order valence-corrected chi connectivity index (χ1v) is 6.87. The van der Waals surface area contributed by atoms with E-state index in [0.29, 0.717) is 12.5 Å². The van der Waals surface area contributed by atoms with Crippen molar-refractivity contribution in [2.45, 2.75) is 40.0 Å². The lowest BCUT2D eigenvalue weighted by Gasteiger charge is -2.38. The van der Waals surface area contributed by atoms with Crippen LogP contribution < -0.4 is 5.32 Å². The largest absolute Gasteiger partial charge is 0.480 e. The topological polar surface area (TPSA) is 75.6 Å². The average Bonchev–Trinajstić information content (AvgIpc) is 2.25. The van der Waals surface area contributed by atoms with Gasteiger partial charge in [0.05, 0.1) is 6.61 Å². The molecule has 0 aliphatic heterocycles. The standard InChI is InChI=1S/C14H25NO4/c1-10-6-11(8-14(2,3)7-10)13(18)15-4-5-19-9-12(16)17/h10-11H,4-9H2,1-3H3,(H,15,18)(H,16,17). The van der Waals surface area contributed by atoms with Crippen LogP contribution in [0.1, 0.15) is 40.0 Å². The zero-order valence-electron chi connectivity index (χ0n) is 12.1. The summed E-state index contributed by atoms with van der Waals surface area (Å²) in [5.74, 6) is -0.284. The summed E-state index contributed by atoms with van der Waals surface area (Å²) in [5.41, 5.74) is 0.222. The van der Waals surface area contributed by atoms with Crippen LogP contribution in [0.15, 0.2) is 0 Å². The number of aliphatic carboxylic acids is 1. The van der Waals surface area contributed by atoms with Gasteiger partial charge < -0.3 is 15.2 Å². The highest BCUT2D eigenvalue weighted by atomic mass is 16.5. The molecule has 0 aromatic rings. The Balaban J connectivity index is 2.27. The number of ether oxygens (including phenoxy) is 1. The van der Waals surface area contributed by atoms with E-state index in [2.05, 4.69) is 26.1 Å². The van der Waals surface area contributed by atoms with Crippen molar-refractivity contribution >= 4 is 11.9 Å². The Morgan fingerprint density at radius 2 is 2.05 bits per heavy atom. The van der Waals surface area contributed by atoms with Gasteiger partial charge in [-0.25, -0.2) is 4.79 Å². The highest BCUT2D eigenvalue weighted by Crippen LogP contribution is 2.41. The Labute approximate surface area is 114 Å². The summed E-state index contributed by atoms with van der Waals surface area (Å²) in [7, 11) is 0. The van der Waals surface area contributed by atoms with E-state index in [9.17, 15) is 9.59 Å². The van der Waals surface area contributed by atoms with Gasteiger partial charge in [-0.2, -0.15) is 0 Å². The van der Waals surface area contributed by atoms with E-state index < -0.39 is 5.97 Å². The predicted octanol–water partition coefficient (Wildman–Crippen LogP) is 1.67. The second-order valence-corrected chi connectivity index (χ2v) is 6.35. The number of carbonyl (C=O) groups excluding carboxylic acids is 1. The van der Waals surface area contributed by atoms with Crippen LogP contribution >= 0.6 is 0 Å². The molecule has 1 aliphatic rings. The molecule has 19 heavy (non-hydrogen) atoms. The van der Waals surface area contributed by atoms with E-state index in [1.165, 1.54) is 6.42 Å². The molecule has 0 saturated heterocycles. The van der Waals surface area contributed by atoms with E-state index in [-0.39, 0.29) is 30.5 Å². The fourth-order valence-electron chi connectivity index (χ4n) is 3.10. The van der Waals surface area contributed by atoms with Gasteiger partial charge in [0.25, 0.3) is 0 Å². The van der Waals surface area contributed by atoms with Crippen molar-refractivity contribution in [1.29, 1.82) is 0 Å². The molecule has 2 N–H and O–H groups in total. The van der Waals surface area contributed by atoms with Crippen molar-refractivity contribution < 1.29 is 19.4 Å². The highest BCUT2D eigenvalue weighted by molar-refractivity contribution is 5.78. The molecule has 0 spiro atoms. The molecule has 110 valence electrons. The van der Waals surface area contributed by atoms with Crippen molar-refractivity contribution in [3.8, 4) is 0 Å². The third kappa shape index (κ3) is 6.05. The second kappa shape index (κ2) is 6.89. The van der Waals surface area contributed by atoms with Gasteiger partial charge in [-0.15, -0.1) is 0 Å². The fraction of sp³-hybridized carbons (Fsp3) is 0.857. The number of carboxylic acids is 1. The minimum absolute atomic E-state index is 0.0678. The molecule has 0 heterocycles. The molecule has 2 unspecified atom stereocenters. The van der Waals surface area contributed by atoms with E-state index in [1.807, 2.05) is 0 Å².